The first kappa shape index (κ1) is 33.9. The van der Waals surface area contributed by atoms with Gasteiger partial charge < -0.3 is 14.6 Å². The third kappa shape index (κ3) is 6.73. The highest BCUT2D eigenvalue weighted by molar-refractivity contribution is 6.09. The molecule has 0 aliphatic rings. The second kappa shape index (κ2) is 14.9. The number of furan rings is 1. The van der Waals surface area contributed by atoms with E-state index < -0.39 is 0 Å². The van der Waals surface area contributed by atoms with Gasteiger partial charge in [0.2, 0.25) is 0 Å². The number of hydrogen-bond donors (Lipinski definition) is 1. The van der Waals surface area contributed by atoms with Gasteiger partial charge in [-0.3, -0.25) is 0 Å². The fourth-order valence-electron chi connectivity index (χ4n) is 7.81. The van der Waals surface area contributed by atoms with Crippen LogP contribution < -0.4 is 10.2 Å². The number of rotatable bonds is 9. The highest BCUT2D eigenvalue weighted by Gasteiger charge is 2.16. The monoisotopic (exact) mass is 730 g/mol. The molecular formula is C54H38N2O. The first-order valence-corrected chi connectivity index (χ1v) is 19.3. The topological polar surface area (TPSA) is 28.4 Å². The lowest BCUT2D eigenvalue weighted by Crippen LogP contribution is -2.09. The summed E-state index contributed by atoms with van der Waals surface area (Å²) in [4.78, 5) is 2.32. The largest absolute Gasteiger partial charge is 0.455 e. The van der Waals surface area contributed by atoms with Crippen molar-refractivity contribution in [2.45, 2.75) is 0 Å². The van der Waals surface area contributed by atoms with Crippen LogP contribution in [-0.2, 0) is 0 Å². The van der Waals surface area contributed by atoms with E-state index >= 15 is 0 Å². The molecule has 10 aromatic rings. The molecule has 0 amide bonds. The maximum Gasteiger partial charge on any atom is 0.143 e. The van der Waals surface area contributed by atoms with Crippen molar-refractivity contribution in [3.05, 3.63) is 224 Å². The summed E-state index contributed by atoms with van der Waals surface area (Å²) in [7, 11) is 0. The number of benzene rings is 9. The standard InChI is InChI=1S/C54H38N2O/c1-3-12-38(13-4-1)40-24-32-45(33-25-40)56(47-36-28-43(29-37-47)49-18-11-19-51-50-17-8-10-21-53(50)57-54(49)51)46-34-26-41(27-35-46)39-22-30-44(31-23-39)55-52-20-9-7-16-48(52)42-14-5-2-6-15-42/h1-37,55H. The number of para-hydroxylation sites is 3. The molecule has 0 aliphatic heterocycles. The number of hydrogen-bond acceptors (Lipinski definition) is 3. The predicted octanol–water partition coefficient (Wildman–Crippen LogP) is 15.5. The van der Waals surface area contributed by atoms with Gasteiger partial charge in [-0.1, -0.05) is 164 Å². The van der Waals surface area contributed by atoms with Crippen molar-refractivity contribution in [1.82, 2.24) is 0 Å². The van der Waals surface area contributed by atoms with Crippen LogP contribution in [0.3, 0.4) is 0 Å². The van der Waals surface area contributed by atoms with E-state index in [1.54, 1.807) is 0 Å². The van der Waals surface area contributed by atoms with E-state index in [9.17, 15) is 0 Å². The molecule has 3 heteroatoms. The van der Waals surface area contributed by atoms with Crippen molar-refractivity contribution in [3.8, 4) is 44.5 Å². The Kier molecular flexibility index (Phi) is 8.86. The minimum atomic E-state index is 0.905. The SMILES string of the molecule is c1ccc(-c2ccc(N(c3ccc(-c4ccc(Nc5ccccc5-c5ccccc5)cc4)cc3)c3ccc(-c4cccc5c4oc4ccccc45)cc3)cc2)cc1. The van der Waals surface area contributed by atoms with Crippen molar-refractivity contribution in [1.29, 1.82) is 0 Å². The molecule has 57 heavy (non-hydrogen) atoms. The summed E-state index contributed by atoms with van der Waals surface area (Å²) in [6, 6.07) is 79.3. The van der Waals surface area contributed by atoms with E-state index in [1.165, 1.54) is 22.3 Å². The molecule has 9 aromatic carbocycles. The van der Waals surface area contributed by atoms with Crippen LogP contribution in [0.15, 0.2) is 229 Å². The quantitative estimate of drug-likeness (QED) is 0.160. The van der Waals surface area contributed by atoms with Crippen molar-refractivity contribution in [2.24, 2.45) is 0 Å². The van der Waals surface area contributed by atoms with Crippen molar-refractivity contribution in [2.75, 3.05) is 10.2 Å². The molecule has 1 aromatic heterocycles. The maximum absolute atomic E-state index is 6.39. The van der Waals surface area contributed by atoms with Gasteiger partial charge in [-0.05, 0) is 94.0 Å². The van der Waals surface area contributed by atoms with Crippen LogP contribution in [0.2, 0.25) is 0 Å². The Morgan fingerprint density at radius 3 is 1.39 bits per heavy atom. The van der Waals surface area contributed by atoms with Gasteiger partial charge in [0.05, 0.1) is 0 Å². The number of nitrogens with zero attached hydrogens (tertiary/aromatic N) is 1. The van der Waals surface area contributed by atoms with Crippen molar-refractivity contribution >= 4 is 50.4 Å². The third-order valence-corrected chi connectivity index (χ3v) is 10.7. The zero-order valence-electron chi connectivity index (χ0n) is 31.2. The van der Waals surface area contributed by atoms with Gasteiger partial charge in [0.1, 0.15) is 11.2 Å². The van der Waals surface area contributed by atoms with Crippen LogP contribution in [0.25, 0.3) is 66.4 Å². The maximum atomic E-state index is 6.39. The second-order valence-electron chi connectivity index (χ2n) is 14.2. The lowest BCUT2D eigenvalue weighted by Gasteiger charge is -2.26. The molecule has 1 heterocycles. The van der Waals surface area contributed by atoms with Crippen LogP contribution in [0, 0.1) is 0 Å². The Hall–Kier alpha value is -7.62. The molecule has 0 atom stereocenters. The molecule has 3 nitrogen and oxygen atoms in total. The minimum Gasteiger partial charge on any atom is -0.455 e. The van der Waals surface area contributed by atoms with Gasteiger partial charge in [0.15, 0.2) is 0 Å². The lowest BCUT2D eigenvalue weighted by atomic mass is 10.0. The Bertz CT molecular complexity index is 2930. The second-order valence-corrected chi connectivity index (χ2v) is 14.2. The predicted molar refractivity (Wildman–Crippen MR) is 240 cm³/mol. The van der Waals surface area contributed by atoms with Gasteiger partial charge in [0.25, 0.3) is 0 Å². The minimum absolute atomic E-state index is 0.905. The highest BCUT2D eigenvalue weighted by Crippen LogP contribution is 2.40. The van der Waals surface area contributed by atoms with Gasteiger partial charge in [0, 0.05) is 50.3 Å². The van der Waals surface area contributed by atoms with Crippen LogP contribution >= 0.6 is 0 Å². The van der Waals surface area contributed by atoms with E-state index in [-0.39, 0.29) is 0 Å². The lowest BCUT2D eigenvalue weighted by molar-refractivity contribution is 0.670. The van der Waals surface area contributed by atoms with Gasteiger partial charge in [-0.25, -0.2) is 0 Å². The summed E-state index contributed by atoms with van der Waals surface area (Å²) in [5.41, 5.74) is 16.4. The summed E-state index contributed by atoms with van der Waals surface area (Å²) in [5, 5.41) is 5.91. The average molecular weight is 731 g/mol. The molecular weight excluding hydrogens is 693 g/mol. The van der Waals surface area contributed by atoms with E-state index in [0.29, 0.717) is 0 Å². The molecule has 0 spiro atoms. The molecule has 0 radical (unpaired) electrons. The smallest absolute Gasteiger partial charge is 0.143 e. The summed E-state index contributed by atoms with van der Waals surface area (Å²) in [5.74, 6) is 0. The molecule has 0 saturated carbocycles. The van der Waals surface area contributed by atoms with Crippen LogP contribution in [0.5, 0.6) is 0 Å². The molecule has 0 aliphatic carbocycles. The van der Waals surface area contributed by atoms with Gasteiger partial charge >= 0.3 is 0 Å². The summed E-state index contributed by atoms with van der Waals surface area (Å²) >= 11 is 0. The van der Waals surface area contributed by atoms with E-state index in [0.717, 1.165) is 72.6 Å². The van der Waals surface area contributed by atoms with E-state index in [2.05, 4.69) is 223 Å². The molecule has 270 valence electrons. The fraction of sp³-hybridized carbons (Fsp3) is 0. The first-order chi connectivity index (χ1) is 28.2. The molecule has 0 unspecified atom stereocenters. The first-order valence-electron chi connectivity index (χ1n) is 19.3. The Labute approximate surface area is 332 Å². The Morgan fingerprint density at radius 1 is 0.316 bits per heavy atom. The van der Waals surface area contributed by atoms with Crippen LogP contribution in [-0.4, -0.2) is 0 Å². The molecule has 1 N–H and O–H groups in total. The molecule has 0 bridgehead atoms. The Balaban J connectivity index is 0.957. The van der Waals surface area contributed by atoms with Gasteiger partial charge in [-0.15, -0.1) is 0 Å². The number of nitrogens with one attached hydrogen (secondary N) is 1. The zero-order valence-corrected chi connectivity index (χ0v) is 31.2. The molecule has 0 fully saturated rings. The zero-order chi connectivity index (χ0) is 38.0. The average Bonchev–Trinajstić information content (AvgIpc) is 3.68. The Morgan fingerprint density at radius 2 is 0.754 bits per heavy atom. The molecule has 0 saturated heterocycles. The van der Waals surface area contributed by atoms with Gasteiger partial charge in [-0.2, -0.15) is 0 Å². The van der Waals surface area contributed by atoms with Crippen molar-refractivity contribution in [3.63, 3.8) is 0 Å². The number of fused-ring (bicyclic) bond motifs is 3. The van der Waals surface area contributed by atoms with Crippen LogP contribution in [0.1, 0.15) is 0 Å². The van der Waals surface area contributed by atoms with Crippen LogP contribution in [0.4, 0.5) is 28.4 Å². The summed E-state index contributed by atoms with van der Waals surface area (Å²) in [6.45, 7) is 0. The van der Waals surface area contributed by atoms with Crippen molar-refractivity contribution < 1.29 is 4.42 Å². The van der Waals surface area contributed by atoms with E-state index in [4.69, 9.17) is 4.42 Å². The normalized spacial score (nSPS) is 11.2. The van der Waals surface area contributed by atoms with E-state index in [1.807, 2.05) is 12.1 Å². The molecule has 10 rings (SSSR count). The summed E-state index contributed by atoms with van der Waals surface area (Å²) < 4.78 is 6.39. The highest BCUT2D eigenvalue weighted by atomic mass is 16.3. The summed E-state index contributed by atoms with van der Waals surface area (Å²) in [6.07, 6.45) is 0. The number of anilines is 5. The third-order valence-electron chi connectivity index (χ3n) is 10.7. The fourth-order valence-corrected chi connectivity index (χ4v) is 7.81.